The molecule has 6 nitrogen and oxygen atoms in total. The molecule has 1 atom stereocenters. The first-order valence-electron chi connectivity index (χ1n) is 4.83. The third-order valence-corrected chi connectivity index (χ3v) is 1.89. The number of nitrogens with one attached hydrogen (secondary N) is 1. The molecule has 1 heterocycles. The number of nitrogens with two attached hydrogens (primary N) is 1. The van der Waals surface area contributed by atoms with E-state index in [4.69, 9.17) is 10.8 Å². The average molecular weight is 212 g/mol. The number of aliphatic hydroxyl groups is 2. The molecule has 0 radical (unpaired) electrons. The molecule has 0 aromatic carbocycles. The van der Waals surface area contributed by atoms with E-state index < -0.39 is 6.10 Å². The van der Waals surface area contributed by atoms with Gasteiger partial charge in [0, 0.05) is 19.3 Å². The zero-order valence-corrected chi connectivity index (χ0v) is 8.43. The summed E-state index contributed by atoms with van der Waals surface area (Å²) in [6.45, 7) is 0.480. The molecule has 0 aliphatic rings. The molecule has 0 bridgehead atoms. The maximum atomic E-state index is 9.46. The van der Waals surface area contributed by atoms with Crippen LogP contribution in [0.5, 0.6) is 0 Å². The molecule has 5 N–H and O–H groups in total. The molecule has 0 fully saturated rings. The largest absolute Gasteiger partial charge is 0.396 e. The van der Waals surface area contributed by atoms with Crippen LogP contribution in [-0.4, -0.2) is 39.4 Å². The Morgan fingerprint density at radius 3 is 3.00 bits per heavy atom. The SMILES string of the molecule is Nc1nccc(NCC(O)CCCO)n1. The van der Waals surface area contributed by atoms with Crippen molar-refractivity contribution in [2.24, 2.45) is 0 Å². The van der Waals surface area contributed by atoms with Gasteiger partial charge in [-0.1, -0.05) is 0 Å². The van der Waals surface area contributed by atoms with Crippen LogP contribution < -0.4 is 11.1 Å². The van der Waals surface area contributed by atoms with Crippen LogP contribution >= 0.6 is 0 Å². The number of hydrogen-bond acceptors (Lipinski definition) is 6. The van der Waals surface area contributed by atoms with Gasteiger partial charge in [-0.2, -0.15) is 4.98 Å². The smallest absolute Gasteiger partial charge is 0.221 e. The lowest BCUT2D eigenvalue weighted by Crippen LogP contribution is -2.20. The predicted molar refractivity (Wildman–Crippen MR) is 57.3 cm³/mol. The minimum Gasteiger partial charge on any atom is -0.396 e. The topological polar surface area (TPSA) is 104 Å². The van der Waals surface area contributed by atoms with Crippen LogP contribution in [0, 0.1) is 0 Å². The third-order valence-electron chi connectivity index (χ3n) is 1.89. The van der Waals surface area contributed by atoms with E-state index in [0.717, 1.165) is 0 Å². The first-order chi connectivity index (χ1) is 7.22. The van der Waals surface area contributed by atoms with E-state index in [-0.39, 0.29) is 12.6 Å². The van der Waals surface area contributed by atoms with Crippen LogP contribution in [0.1, 0.15) is 12.8 Å². The Kier molecular flexibility index (Phi) is 4.79. The van der Waals surface area contributed by atoms with Crippen LogP contribution in [0.15, 0.2) is 12.3 Å². The fourth-order valence-corrected chi connectivity index (χ4v) is 1.12. The van der Waals surface area contributed by atoms with Gasteiger partial charge in [0.2, 0.25) is 5.95 Å². The van der Waals surface area contributed by atoms with E-state index in [1.807, 2.05) is 0 Å². The van der Waals surface area contributed by atoms with Crippen LogP contribution in [0.4, 0.5) is 11.8 Å². The van der Waals surface area contributed by atoms with Crippen LogP contribution in [-0.2, 0) is 0 Å². The number of rotatable bonds is 6. The molecule has 0 amide bonds. The first kappa shape index (κ1) is 11.7. The molecular weight excluding hydrogens is 196 g/mol. The molecule has 0 spiro atoms. The van der Waals surface area contributed by atoms with Gasteiger partial charge in [0.05, 0.1) is 6.10 Å². The van der Waals surface area contributed by atoms with Crippen molar-refractivity contribution >= 4 is 11.8 Å². The highest BCUT2D eigenvalue weighted by Gasteiger charge is 2.03. The van der Waals surface area contributed by atoms with Crippen molar-refractivity contribution in [1.82, 2.24) is 9.97 Å². The Morgan fingerprint density at radius 1 is 1.53 bits per heavy atom. The minimum absolute atomic E-state index is 0.0948. The second kappa shape index (κ2) is 6.15. The number of nitrogen functional groups attached to an aromatic ring is 1. The van der Waals surface area contributed by atoms with Gasteiger partial charge in [0.25, 0.3) is 0 Å². The summed E-state index contributed by atoms with van der Waals surface area (Å²) in [7, 11) is 0. The van der Waals surface area contributed by atoms with Crippen LogP contribution in [0.25, 0.3) is 0 Å². The number of anilines is 2. The number of aromatic nitrogens is 2. The molecule has 1 unspecified atom stereocenters. The fraction of sp³-hybridized carbons (Fsp3) is 0.556. The summed E-state index contributed by atoms with van der Waals surface area (Å²) in [6, 6.07) is 1.68. The van der Waals surface area contributed by atoms with E-state index in [2.05, 4.69) is 15.3 Å². The van der Waals surface area contributed by atoms with Gasteiger partial charge in [-0.25, -0.2) is 4.98 Å². The number of aliphatic hydroxyl groups excluding tert-OH is 2. The summed E-state index contributed by atoms with van der Waals surface area (Å²) in [6.07, 6.45) is 2.21. The Hall–Kier alpha value is -1.40. The lowest BCUT2D eigenvalue weighted by molar-refractivity contribution is 0.161. The normalized spacial score (nSPS) is 12.4. The Balaban J connectivity index is 2.30. The van der Waals surface area contributed by atoms with Crippen molar-refractivity contribution in [1.29, 1.82) is 0 Å². The van der Waals surface area contributed by atoms with Crippen molar-refractivity contribution < 1.29 is 10.2 Å². The summed E-state index contributed by atoms with van der Waals surface area (Å²) in [5, 5.41) is 21.0. The molecule has 1 aromatic heterocycles. The van der Waals surface area contributed by atoms with Crippen molar-refractivity contribution in [3.63, 3.8) is 0 Å². The van der Waals surface area contributed by atoms with E-state index >= 15 is 0 Å². The number of hydrogen-bond donors (Lipinski definition) is 4. The monoisotopic (exact) mass is 212 g/mol. The lowest BCUT2D eigenvalue weighted by atomic mass is 10.2. The average Bonchev–Trinajstić information content (AvgIpc) is 2.23. The summed E-state index contributed by atoms with van der Waals surface area (Å²) >= 11 is 0. The first-order valence-corrected chi connectivity index (χ1v) is 4.83. The highest BCUT2D eigenvalue weighted by molar-refractivity contribution is 5.37. The maximum absolute atomic E-state index is 9.46. The van der Waals surface area contributed by atoms with E-state index in [1.54, 1.807) is 12.3 Å². The maximum Gasteiger partial charge on any atom is 0.221 e. The summed E-state index contributed by atoms with van der Waals surface area (Å²) in [5.41, 5.74) is 5.39. The minimum atomic E-state index is -0.492. The summed E-state index contributed by atoms with van der Waals surface area (Å²) < 4.78 is 0. The lowest BCUT2D eigenvalue weighted by Gasteiger charge is -2.11. The summed E-state index contributed by atoms with van der Waals surface area (Å²) in [5.74, 6) is 0.787. The van der Waals surface area contributed by atoms with Crippen LogP contribution in [0.3, 0.4) is 0 Å². The Labute approximate surface area is 88.2 Å². The predicted octanol–water partition coefficient (Wildman–Crippen LogP) is -0.396. The van der Waals surface area contributed by atoms with Gasteiger partial charge in [-0.15, -0.1) is 0 Å². The molecule has 0 saturated heterocycles. The molecule has 15 heavy (non-hydrogen) atoms. The van der Waals surface area contributed by atoms with Gasteiger partial charge in [-0.3, -0.25) is 0 Å². The molecule has 84 valence electrons. The second-order valence-corrected chi connectivity index (χ2v) is 3.20. The molecule has 1 aromatic rings. The standard InChI is InChI=1S/C9H16N4O2/c10-9-11-4-3-8(13-9)12-6-7(15)2-1-5-14/h3-4,7,14-15H,1-2,5-6H2,(H3,10,11,12,13). The Morgan fingerprint density at radius 2 is 2.33 bits per heavy atom. The second-order valence-electron chi connectivity index (χ2n) is 3.20. The van der Waals surface area contributed by atoms with Gasteiger partial charge in [0.15, 0.2) is 0 Å². The van der Waals surface area contributed by atoms with Crippen molar-refractivity contribution in [2.75, 3.05) is 24.2 Å². The molecule has 0 saturated carbocycles. The van der Waals surface area contributed by atoms with Crippen molar-refractivity contribution in [3.8, 4) is 0 Å². The van der Waals surface area contributed by atoms with Gasteiger partial charge >= 0.3 is 0 Å². The fourth-order valence-electron chi connectivity index (χ4n) is 1.12. The molecule has 6 heteroatoms. The van der Waals surface area contributed by atoms with Crippen molar-refractivity contribution in [2.45, 2.75) is 18.9 Å². The van der Waals surface area contributed by atoms with E-state index in [9.17, 15) is 5.11 Å². The van der Waals surface area contributed by atoms with E-state index in [0.29, 0.717) is 25.2 Å². The molecular formula is C9H16N4O2. The van der Waals surface area contributed by atoms with E-state index in [1.165, 1.54) is 0 Å². The zero-order chi connectivity index (χ0) is 11.1. The quantitative estimate of drug-likeness (QED) is 0.511. The molecule has 0 aliphatic heterocycles. The van der Waals surface area contributed by atoms with Crippen LogP contribution in [0.2, 0.25) is 0 Å². The van der Waals surface area contributed by atoms with Gasteiger partial charge < -0.3 is 21.3 Å². The summed E-state index contributed by atoms with van der Waals surface area (Å²) in [4.78, 5) is 7.67. The van der Waals surface area contributed by atoms with Crippen molar-refractivity contribution in [3.05, 3.63) is 12.3 Å². The molecule has 1 rings (SSSR count). The Bertz CT molecular complexity index is 295. The van der Waals surface area contributed by atoms with Gasteiger partial charge in [-0.05, 0) is 18.9 Å². The zero-order valence-electron chi connectivity index (χ0n) is 8.43. The third kappa shape index (κ3) is 4.57. The number of nitrogens with zero attached hydrogens (tertiary/aromatic N) is 2. The van der Waals surface area contributed by atoms with Gasteiger partial charge in [0.1, 0.15) is 5.82 Å². The highest BCUT2D eigenvalue weighted by atomic mass is 16.3. The highest BCUT2D eigenvalue weighted by Crippen LogP contribution is 2.04. The molecule has 0 aliphatic carbocycles.